The summed E-state index contributed by atoms with van der Waals surface area (Å²) in [7, 11) is 0. The van der Waals surface area contributed by atoms with Gasteiger partial charge in [-0.2, -0.15) is 0 Å². The SMILES string of the molecule is N[C@@H](c1cc2ccccc2nc1Cl)C1CCCC1. The van der Waals surface area contributed by atoms with Gasteiger partial charge in [0.25, 0.3) is 0 Å². The molecule has 2 N–H and O–H groups in total. The molecule has 1 atom stereocenters. The molecule has 1 aromatic carbocycles. The van der Waals surface area contributed by atoms with Crippen LogP contribution < -0.4 is 5.73 Å². The molecule has 0 bridgehead atoms. The van der Waals surface area contributed by atoms with Crippen LogP contribution in [0.2, 0.25) is 5.15 Å². The lowest BCUT2D eigenvalue weighted by atomic mass is 9.93. The molecule has 0 amide bonds. The minimum absolute atomic E-state index is 0.0251. The highest BCUT2D eigenvalue weighted by Gasteiger charge is 2.25. The molecule has 1 aliphatic carbocycles. The van der Waals surface area contributed by atoms with Crippen LogP contribution in [0.15, 0.2) is 30.3 Å². The van der Waals surface area contributed by atoms with E-state index in [-0.39, 0.29) is 6.04 Å². The van der Waals surface area contributed by atoms with Crippen molar-refractivity contribution in [1.82, 2.24) is 4.98 Å². The van der Waals surface area contributed by atoms with Gasteiger partial charge in [0.1, 0.15) is 5.15 Å². The fraction of sp³-hybridized carbons (Fsp3) is 0.400. The monoisotopic (exact) mass is 260 g/mol. The smallest absolute Gasteiger partial charge is 0.134 e. The van der Waals surface area contributed by atoms with Crippen LogP contribution in [0.4, 0.5) is 0 Å². The molecule has 1 heterocycles. The van der Waals surface area contributed by atoms with Crippen molar-refractivity contribution in [3.05, 3.63) is 41.0 Å². The summed E-state index contributed by atoms with van der Waals surface area (Å²) in [5.41, 5.74) is 8.30. The Labute approximate surface area is 112 Å². The molecule has 2 aromatic rings. The summed E-state index contributed by atoms with van der Waals surface area (Å²) in [5.74, 6) is 0.561. The van der Waals surface area contributed by atoms with Gasteiger partial charge in [0, 0.05) is 17.0 Å². The third kappa shape index (κ3) is 2.11. The van der Waals surface area contributed by atoms with Crippen LogP contribution in [0.1, 0.15) is 37.3 Å². The second-order valence-corrected chi connectivity index (χ2v) is 5.49. The van der Waals surface area contributed by atoms with Gasteiger partial charge in [0.15, 0.2) is 0 Å². The van der Waals surface area contributed by atoms with E-state index >= 15 is 0 Å². The standard InChI is InChI=1S/C15H17ClN2/c16-15-12(14(17)10-5-1-2-6-10)9-11-7-3-4-8-13(11)18-15/h3-4,7-10,14H,1-2,5-6,17H2/t14-/m1/s1. The number of fused-ring (bicyclic) bond motifs is 1. The molecule has 0 saturated heterocycles. The highest BCUT2D eigenvalue weighted by atomic mass is 35.5. The number of rotatable bonds is 2. The zero-order valence-corrected chi connectivity index (χ0v) is 11.0. The topological polar surface area (TPSA) is 38.9 Å². The van der Waals surface area contributed by atoms with Gasteiger partial charge in [0.05, 0.1) is 5.52 Å². The Kier molecular flexibility index (Phi) is 3.23. The molecule has 3 rings (SSSR count). The quantitative estimate of drug-likeness (QED) is 0.827. The number of para-hydroxylation sites is 1. The molecule has 18 heavy (non-hydrogen) atoms. The van der Waals surface area contributed by atoms with Crippen molar-refractivity contribution >= 4 is 22.5 Å². The van der Waals surface area contributed by atoms with E-state index in [0.29, 0.717) is 11.1 Å². The van der Waals surface area contributed by atoms with Crippen LogP contribution in [0.3, 0.4) is 0 Å². The number of nitrogens with two attached hydrogens (primary N) is 1. The van der Waals surface area contributed by atoms with Crippen molar-refractivity contribution in [1.29, 1.82) is 0 Å². The molecule has 0 radical (unpaired) electrons. The fourth-order valence-electron chi connectivity index (χ4n) is 2.91. The first-order chi connectivity index (χ1) is 8.75. The first-order valence-electron chi connectivity index (χ1n) is 6.56. The van der Waals surface area contributed by atoms with E-state index < -0.39 is 0 Å². The summed E-state index contributed by atoms with van der Waals surface area (Å²) in [6.45, 7) is 0. The molecule has 1 aromatic heterocycles. The van der Waals surface area contributed by atoms with Crippen LogP contribution in [0.25, 0.3) is 10.9 Å². The predicted molar refractivity (Wildman–Crippen MR) is 75.6 cm³/mol. The van der Waals surface area contributed by atoms with E-state index in [1.54, 1.807) is 0 Å². The highest BCUT2D eigenvalue weighted by Crippen LogP contribution is 2.37. The minimum Gasteiger partial charge on any atom is -0.324 e. The van der Waals surface area contributed by atoms with Crippen molar-refractivity contribution in [3.8, 4) is 0 Å². The van der Waals surface area contributed by atoms with Gasteiger partial charge in [-0.3, -0.25) is 0 Å². The first-order valence-corrected chi connectivity index (χ1v) is 6.94. The van der Waals surface area contributed by atoms with E-state index in [2.05, 4.69) is 17.1 Å². The van der Waals surface area contributed by atoms with Crippen molar-refractivity contribution in [3.63, 3.8) is 0 Å². The number of hydrogen-bond donors (Lipinski definition) is 1. The number of pyridine rings is 1. The maximum atomic E-state index is 6.37. The van der Waals surface area contributed by atoms with Crippen molar-refractivity contribution < 1.29 is 0 Å². The lowest BCUT2D eigenvalue weighted by Crippen LogP contribution is -2.19. The molecule has 94 valence electrons. The average molecular weight is 261 g/mol. The molecule has 1 aliphatic rings. The highest BCUT2D eigenvalue weighted by molar-refractivity contribution is 6.30. The second-order valence-electron chi connectivity index (χ2n) is 5.13. The summed E-state index contributed by atoms with van der Waals surface area (Å²) < 4.78 is 0. The maximum Gasteiger partial charge on any atom is 0.134 e. The zero-order valence-electron chi connectivity index (χ0n) is 10.3. The van der Waals surface area contributed by atoms with Crippen LogP contribution in [-0.4, -0.2) is 4.98 Å². The Morgan fingerprint density at radius 1 is 1.22 bits per heavy atom. The van der Waals surface area contributed by atoms with E-state index in [1.165, 1.54) is 25.7 Å². The van der Waals surface area contributed by atoms with Gasteiger partial charge in [-0.15, -0.1) is 0 Å². The number of aromatic nitrogens is 1. The number of nitrogens with zero attached hydrogens (tertiary/aromatic N) is 1. The Morgan fingerprint density at radius 2 is 1.94 bits per heavy atom. The Morgan fingerprint density at radius 3 is 2.72 bits per heavy atom. The van der Waals surface area contributed by atoms with Gasteiger partial charge in [-0.05, 0) is 30.9 Å². The molecule has 1 fully saturated rings. The third-order valence-corrected chi connectivity index (χ3v) is 4.27. The van der Waals surface area contributed by atoms with Crippen LogP contribution in [-0.2, 0) is 0 Å². The van der Waals surface area contributed by atoms with Gasteiger partial charge >= 0.3 is 0 Å². The number of halogens is 1. The van der Waals surface area contributed by atoms with Crippen molar-refractivity contribution in [2.45, 2.75) is 31.7 Å². The number of hydrogen-bond acceptors (Lipinski definition) is 2. The lowest BCUT2D eigenvalue weighted by molar-refractivity contribution is 0.444. The van der Waals surface area contributed by atoms with Crippen molar-refractivity contribution in [2.24, 2.45) is 11.7 Å². The molecule has 0 spiro atoms. The molecule has 1 saturated carbocycles. The molecule has 0 unspecified atom stereocenters. The predicted octanol–water partition coefficient (Wildman–Crippen LogP) is 4.08. The maximum absolute atomic E-state index is 6.37. The van der Waals surface area contributed by atoms with Crippen LogP contribution >= 0.6 is 11.6 Å². The normalized spacial score (nSPS) is 18.3. The summed E-state index contributed by atoms with van der Waals surface area (Å²) >= 11 is 6.29. The average Bonchev–Trinajstić information content (AvgIpc) is 2.91. The Bertz CT molecular complexity index is 561. The van der Waals surface area contributed by atoms with Crippen LogP contribution in [0.5, 0.6) is 0 Å². The molecular formula is C15H17ClN2. The summed E-state index contributed by atoms with van der Waals surface area (Å²) in [6, 6.07) is 10.2. The fourth-order valence-corrected chi connectivity index (χ4v) is 3.18. The lowest BCUT2D eigenvalue weighted by Gasteiger charge is -2.20. The van der Waals surface area contributed by atoms with Gasteiger partial charge in [-0.1, -0.05) is 42.6 Å². The van der Waals surface area contributed by atoms with Crippen LogP contribution in [0, 0.1) is 5.92 Å². The van der Waals surface area contributed by atoms with Gasteiger partial charge in [0.2, 0.25) is 0 Å². The molecule has 3 heteroatoms. The largest absolute Gasteiger partial charge is 0.324 e. The molecule has 0 aliphatic heterocycles. The van der Waals surface area contributed by atoms with E-state index in [1.807, 2.05) is 18.2 Å². The first kappa shape index (κ1) is 11.9. The Hall–Kier alpha value is -1.12. The third-order valence-electron chi connectivity index (χ3n) is 3.97. The zero-order chi connectivity index (χ0) is 12.5. The van der Waals surface area contributed by atoms with Crippen molar-refractivity contribution in [2.75, 3.05) is 0 Å². The number of benzene rings is 1. The molecule has 2 nitrogen and oxygen atoms in total. The second kappa shape index (κ2) is 4.87. The van der Waals surface area contributed by atoms with E-state index in [0.717, 1.165) is 16.5 Å². The summed E-state index contributed by atoms with van der Waals surface area (Å²) in [4.78, 5) is 4.45. The van der Waals surface area contributed by atoms with E-state index in [4.69, 9.17) is 17.3 Å². The van der Waals surface area contributed by atoms with E-state index in [9.17, 15) is 0 Å². The minimum atomic E-state index is 0.0251. The summed E-state index contributed by atoms with van der Waals surface area (Å²) in [6.07, 6.45) is 5.00. The van der Waals surface area contributed by atoms with Gasteiger partial charge < -0.3 is 5.73 Å². The van der Waals surface area contributed by atoms with Gasteiger partial charge in [-0.25, -0.2) is 4.98 Å². The molecular weight excluding hydrogens is 244 g/mol. The summed E-state index contributed by atoms with van der Waals surface area (Å²) in [5, 5.41) is 1.68. The Balaban J connectivity index is 2.02.